The molecule has 1 aromatic heterocycles. The minimum atomic E-state index is -1.37. The van der Waals surface area contributed by atoms with Crippen LogP contribution < -0.4 is 11.1 Å². The second kappa shape index (κ2) is 9.81. The van der Waals surface area contributed by atoms with Crippen LogP contribution in [0.2, 0.25) is 0 Å². The van der Waals surface area contributed by atoms with Crippen LogP contribution in [-0.4, -0.2) is 58.0 Å². The number of rotatable bonds is 8. The maximum absolute atomic E-state index is 12.3. The van der Waals surface area contributed by atoms with Crippen LogP contribution in [0, 0.1) is 5.92 Å². The summed E-state index contributed by atoms with van der Waals surface area (Å²) in [7, 11) is 0. The molecule has 0 spiro atoms. The summed E-state index contributed by atoms with van der Waals surface area (Å²) in [5, 5.41) is 14.7. The topological polar surface area (TPSA) is 156 Å². The van der Waals surface area contributed by atoms with Gasteiger partial charge in [0.15, 0.2) is 5.69 Å². The first-order chi connectivity index (χ1) is 12.9. The zero-order valence-corrected chi connectivity index (χ0v) is 14.9. The number of hydrogen-bond donors (Lipinski definition) is 3. The Morgan fingerprint density at radius 2 is 2.00 bits per heavy atom. The molecule has 1 saturated carbocycles. The van der Waals surface area contributed by atoms with Crippen LogP contribution in [0.15, 0.2) is 16.9 Å². The van der Waals surface area contributed by atoms with E-state index in [2.05, 4.69) is 15.0 Å². The fraction of sp³-hybridized carbons (Fsp3) is 0.588. The molecule has 4 N–H and O–H groups in total. The molecule has 1 aliphatic rings. The maximum atomic E-state index is 12.3. The van der Waals surface area contributed by atoms with Gasteiger partial charge < -0.3 is 20.7 Å². The number of carboxylic acid groups (broad SMARTS) is 1. The molecule has 1 aromatic rings. The average Bonchev–Trinajstić information content (AvgIpc) is 3.18. The highest BCUT2D eigenvalue weighted by atomic mass is 16.5. The molecule has 0 aliphatic heterocycles. The van der Waals surface area contributed by atoms with Crippen LogP contribution >= 0.6 is 0 Å². The van der Waals surface area contributed by atoms with Gasteiger partial charge >= 0.3 is 5.97 Å². The number of aromatic nitrogens is 1. The van der Waals surface area contributed by atoms with E-state index in [-0.39, 0.29) is 5.69 Å². The van der Waals surface area contributed by atoms with Crippen LogP contribution in [0.1, 0.15) is 49.0 Å². The number of hydrogen-bond acceptors (Lipinski definition) is 7. The van der Waals surface area contributed by atoms with Gasteiger partial charge in [0.25, 0.3) is 5.91 Å². The molecule has 1 heterocycles. The lowest BCUT2D eigenvalue weighted by Gasteiger charge is -2.24. The third kappa shape index (κ3) is 6.17. The molecule has 0 unspecified atom stereocenters. The van der Waals surface area contributed by atoms with Crippen molar-refractivity contribution in [2.45, 2.75) is 44.6 Å². The van der Waals surface area contributed by atoms with E-state index in [1.165, 1.54) is 12.5 Å². The second-order valence-electron chi connectivity index (χ2n) is 6.63. The highest BCUT2D eigenvalue weighted by Gasteiger charge is 2.28. The second-order valence-corrected chi connectivity index (χ2v) is 6.63. The molecule has 148 valence electrons. The molecule has 2 rings (SSSR count). The van der Waals surface area contributed by atoms with Crippen molar-refractivity contribution in [2.24, 2.45) is 11.7 Å². The van der Waals surface area contributed by atoms with Crippen LogP contribution in [-0.2, 0) is 14.4 Å². The van der Waals surface area contributed by atoms with E-state index >= 15 is 0 Å². The Hall–Kier alpha value is -2.75. The van der Waals surface area contributed by atoms with Crippen molar-refractivity contribution in [2.75, 3.05) is 13.1 Å². The Balaban J connectivity index is 1.88. The molecule has 1 aliphatic carbocycles. The van der Waals surface area contributed by atoms with Crippen molar-refractivity contribution in [1.29, 1.82) is 0 Å². The summed E-state index contributed by atoms with van der Waals surface area (Å²) < 4.78 is 4.53. The third-order valence-corrected chi connectivity index (χ3v) is 4.56. The molecule has 10 nitrogen and oxygen atoms in total. The summed E-state index contributed by atoms with van der Waals surface area (Å²) in [5.74, 6) is -3.27. The van der Waals surface area contributed by atoms with Crippen LogP contribution in [0.5, 0.6) is 0 Å². The first-order valence-corrected chi connectivity index (χ1v) is 8.88. The van der Waals surface area contributed by atoms with Gasteiger partial charge in [0.2, 0.25) is 11.8 Å². The van der Waals surface area contributed by atoms with Gasteiger partial charge in [0, 0.05) is 6.07 Å². The Bertz CT molecular complexity index is 669. The van der Waals surface area contributed by atoms with Gasteiger partial charge in [0.05, 0.1) is 12.6 Å². The predicted molar refractivity (Wildman–Crippen MR) is 92.4 cm³/mol. The molecular weight excluding hydrogens is 356 g/mol. The lowest BCUT2D eigenvalue weighted by Crippen LogP contribution is -2.49. The monoisotopic (exact) mass is 380 g/mol. The van der Waals surface area contributed by atoms with Gasteiger partial charge in [-0.25, -0.2) is 0 Å². The number of carbonyl (C=O) groups is 4. The number of nitrogens with one attached hydrogen (secondary N) is 1. The van der Waals surface area contributed by atoms with Gasteiger partial charge in [0.1, 0.15) is 12.8 Å². The standard InChI is InChI=1S/C17H24N4O6/c18-12(8-11-4-2-1-3-5-11)16(25)19-9-14(22)21(10-15(23)24)17(26)13-6-7-27-20-13/h6-7,11-12H,1-5,8-10,18H2,(H,19,25)(H,23,24)/t12-/m0/s1. The number of nitrogens with zero attached hydrogens (tertiary/aromatic N) is 2. The summed E-state index contributed by atoms with van der Waals surface area (Å²) in [5.41, 5.74) is 5.70. The number of aliphatic carboxylic acids is 1. The SMILES string of the molecule is N[C@@H](CC1CCCCC1)C(=O)NCC(=O)N(CC(=O)O)C(=O)c1ccon1. The van der Waals surface area contributed by atoms with Crippen molar-refractivity contribution in [1.82, 2.24) is 15.4 Å². The summed E-state index contributed by atoms with van der Waals surface area (Å²) in [6.07, 6.45) is 7.21. The minimum absolute atomic E-state index is 0.204. The minimum Gasteiger partial charge on any atom is -0.480 e. The fourth-order valence-corrected chi connectivity index (χ4v) is 3.15. The average molecular weight is 380 g/mol. The van der Waals surface area contributed by atoms with Crippen LogP contribution in [0.25, 0.3) is 0 Å². The molecule has 10 heteroatoms. The lowest BCUT2D eigenvalue weighted by molar-refractivity contribution is -0.142. The normalized spacial score (nSPS) is 15.7. The molecular formula is C17H24N4O6. The molecule has 3 amide bonds. The van der Waals surface area contributed by atoms with Crippen molar-refractivity contribution < 1.29 is 28.8 Å². The molecule has 0 radical (unpaired) electrons. The van der Waals surface area contributed by atoms with E-state index < -0.39 is 42.8 Å². The number of carbonyl (C=O) groups excluding carboxylic acids is 3. The summed E-state index contributed by atoms with van der Waals surface area (Å²) in [4.78, 5) is 48.0. The van der Waals surface area contributed by atoms with E-state index in [0.717, 1.165) is 31.9 Å². The number of nitrogens with two attached hydrogens (primary N) is 1. The maximum Gasteiger partial charge on any atom is 0.323 e. The van der Waals surface area contributed by atoms with Crippen molar-refractivity contribution in [3.63, 3.8) is 0 Å². The van der Waals surface area contributed by atoms with Crippen LogP contribution in [0.3, 0.4) is 0 Å². The first kappa shape index (κ1) is 20.6. The zero-order chi connectivity index (χ0) is 19.8. The largest absolute Gasteiger partial charge is 0.480 e. The van der Waals surface area contributed by atoms with Gasteiger partial charge in [-0.15, -0.1) is 0 Å². The van der Waals surface area contributed by atoms with Crippen molar-refractivity contribution >= 4 is 23.7 Å². The van der Waals surface area contributed by atoms with Gasteiger partial charge in [-0.05, 0) is 12.3 Å². The Labute approximate surface area is 156 Å². The number of imide groups is 1. The van der Waals surface area contributed by atoms with E-state index in [4.69, 9.17) is 10.8 Å². The van der Waals surface area contributed by atoms with Gasteiger partial charge in [-0.2, -0.15) is 0 Å². The lowest BCUT2D eigenvalue weighted by atomic mass is 9.85. The highest BCUT2D eigenvalue weighted by Crippen LogP contribution is 2.26. The Kier molecular flexibility index (Phi) is 7.47. The third-order valence-electron chi connectivity index (χ3n) is 4.56. The molecule has 1 atom stereocenters. The van der Waals surface area contributed by atoms with E-state index in [1.807, 2.05) is 0 Å². The summed E-state index contributed by atoms with van der Waals surface area (Å²) in [6.45, 7) is -1.39. The number of carboxylic acids is 1. The van der Waals surface area contributed by atoms with Gasteiger partial charge in [-0.3, -0.25) is 24.1 Å². The molecule has 0 aromatic carbocycles. The van der Waals surface area contributed by atoms with Crippen molar-refractivity contribution in [3.8, 4) is 0 Å². The van der Waals surface area contributed by atoms with Crippen molar-refractivity contribution in [3.05, 3.63) is 18.0 Å². The quantitative estimate of drug-likeness (QED) is 0.575. The van der Waals surface area contributed by atoms with E-state index in [1.54, 1.807) is 0 Å². The first-order valence-electron chi connectivity index (χ1n) is 8.88. The smallest absolute Gasteiger partial charge is 0.323 e. The fourth-order valence-electron chi connectivity index (χ4n) is 3.15. The molecule has 0 bridgehead atoms. The Morgan fingerprint density at radius 3 is 2.59 bits per heavy atom. The summed E-state index contributed by atoms with van der Waals surface area (Å²) in [6, 6.07) is 0.462. The predicted octanol–water partition coefficient (Wildman–Crippen LogP) is 0.142. The highest BCUT2D eigenvalue weighted by molar-refractivity contribution is 6.06. The molecule has 0 saturated heterocycles. The zero-order valence-electron chi connectivity index (χ0n) is 14.9. The number of amides is 3. The van der Waals surface area contributed by atoms with Gasteiger partial charge in [-0.1, -0.05) is 37.3 Å². The van der Waals surface area contributed by atoms with Crippen LogP contribution in [0.4, 0.5) is 0 Å². The molecule has 27 heavy (non-hydrogen) atoms. The Morgan fingerprint density at radius 1 is 1.30 bits per heavy atom. The van der Waals surface area contributed by atoms with E-state index in [0.29, 0.717) is 17.2 Å². The molecule has 1 fully saturated rings. The summed E-state index contributed by atoms with van der Waals surface area (Å²) >= 11 is 0. The van der Waals surface area contributed by atoms with E-state index in [9.17, 15) is 19.2 Å².